The molecule has 1 aliphatic rings. The maximum absolute atomic E-state index is 12.7. The lowest BCUT2D eigenvalue weighted by Gasteiger charge is -2.34. The van der Waals surface area contributed by atoms with Gasteiger partial charge in [0, 0.05) is 18.7 Å². The smallest absolute Gasteiger partial charge is 0.251 e. The van der Waals surface area contributed by atoms with Crippen molar-refractivity contribution < 1.29 is 18.3 Å². The molecule has 0 aliphatic carbocycles. The lowest BCUT2D eigenvalue weighted by atomic mass is 10.2. The molecule has 1 atom stereocenters. The van der Waals surface area contributed by atoms with Crippen LogP contribution in [0.15, 0.2) is 18.3 Å². The first-order chi connectivity index (χ1) is 12.0. The van der Waals surface area contributed by atoms with Crippen molar-refractivity contribution in [1.29, 1.82) is 0 Å². The third-order valence-corrected chi connectivity index (χ3v) is 4.13. The Morgan fingerprint density at radius 1 is 1.40 bits per heavy atom. The average molecular weight is 353 g/mol. The number of amides is 1. The third kappa shape index (κ3) is 3.93. The molecule has 0 saturated carbocycles. The topological polar surface area (TPSA) is 71.8 Å². The molecule has 7 nitrogen and oxygen atoms in total. The van der Waals surface area contributed by atoms with Crippen molar-refractivity contribution >= 4 is 17.2 Å². The van der Waals surface area contributed by atoms with Crippen molar-refractivity contribution in [3.63, 3.8) is 0 Å². The Kier molecular flexibility index (Phi) is 5.24. The van der Waals surface area contributed by atoms with Crippen LogP contribution in [-0.4, -0.2) is 64.2 Å². The van der Waals surface area contributed by atoms with Gasteiger partial charge in [-0.25, -0.2) is 8.78 Å². The standard InChI is InChI=1S/C16H21F2N5O2/c1-10(2)15-21-20-14-4-3-11(7-23(14)15)19-16(24)12-9-25-6-5-22(12)8-13(17)18/h3-4,7,10,12-13H,5-6,8-9H2,1-2H3,(H,19,24). The first-order valence-corrected chi connectivity index (χ1v) is 8.21. The Hall–Kier alpha value is -2.13. The van der Waals surface area contributed by atoms with E-state index in [1.807, 2.05) is 18.2 Å². The lowest BCUT2D eigenvalue weighted by molar-refractivity contribution is -0.128. The molecule has 2 aromatic heterocycles. The van der Waals surface area contributed by atoms with Crippen LogP contribution in [0.2, 0.25) is 0 Å². The lowest BCUT2D eigenvalue weighted by Crippen LogP contribution is -2.53. The molecule has 3 rings (SSSR count). The van der Waals surface area contributed by atoms with Crippen LogP contribution < -0.4 is 5.32 Å². The van der Waals surface area contributed by atoms with Crippen molar-refractivity contribution in [1.82, 2.24) is 19.5 Å². The summed E-state index contributed by atoms with van der Waals surface area (Å²) in [6.45, 7) is 4.33. The Labute approximate surface area is 144 Å². The molecule has 0 radical (unpaired) electrons. The molecule has 25 heavy (non-hydrogen) atoms. The predicted molar refractivity (Wildman–Crippen MR) is 87.9 cm³/mol. The molecule has 1 aliphatic heterocycles. The van der Waals surface area contributed by atoms with Gasteiger partial charge in [-0.1, -0.05) is 13.8 Å². The second-order valence-electron chi connectivity index (χ2n) is 6.32. The molecule has 136 valence electrons. The van der Waals surface area contributed by atoms with Crippen molar-refractivity contribution in [2.75, 3.05) is 31.6 Å². The van der Waals surface area contributed by atoms with Crippen LogP contribution in [0.5, 0.6) is 0 Å². The number of ether oxygens (including phenoxy) is 1. The second-order valence-corrected chi connectivity index (χ2v) is 6.32. The van der Waals surface area contributed by atoms with E-state index in [0.29, 0.717) is 24.5 Å². The van der Waals surface area contributed by atoms with Crippen LogP contribution in [0.1, 0.15) is 25.6 Å². The number of nitrogens with zero attached hydrogens (tertiary/aromatic N) is 4. The fraction of sp³-hybridized carbons (Fsp3) is 0.562. The van der Waals surface area contributed by atoms with Gasteiger partial charge in [0.2, 0.25) is 5.91 Å². The zero-order chi connectivity index (χ0) is 18.0. The zero-order valence-corrected chi connectivity index (χ0v) is 14.2. The number of carbonyl (C=O) groups excluding carboxylic acids is 1. The van der Waals surface area contributed by atoms with Crippen LogP contribution >= 0.6 is 0 Å². The summed E-state index contributed by atoms with van der Waals surface area (Å²) in [7, 11) is 0. The highest BCUT2D eigenvalue weighted by Crippen LogP contribution is 2.18. The minimum atomic E-state index is -2.49. The number of morpholine rings is 1. The Balaban J connectivity index is 1.77. The molecule has 1 unspecified atom stereocenters. The number of halogens is 2. The van der Waals surface area contributed by atoms with E-state index in [0.717, 1.165) is 5.82 Å². The summed E-state index contributed by atoms with van der Waals surface area (Å²) in [5.74, 6) is 0.597. The number of fused-ring (bicyclic) bond motifs is 1. The van der Waals surface area contributed by atoms with Gasteiger partial charge in [0.15, 0.2) is 5.65 Å². The maximum Gasteiger partial charge on any atom is 0.251 e. The SMILES string of the molecule is CC(C)c1nnc2ccc(NC(=O)C3COCCN3CC(F)F)cn12. The van der Waals surface area contributed by atoms with Crippen LogP contribution in [0, 0.1) is 0 Å². The van der Waals surface area contributed by atoms with Crippen molar-refractivity contribution in [3.8, 4) is 0 Å². The van der Waals surface area contributed by atoms with Gasteiger partial charge < -0.3 is 10.1 Å². The summed E-state index contributed by atoms with van der Waals surface area (Å²) < 4.78 is 32.5. The highest BCUT2D eigenvalue weighted by molar-refractivity contribution is 5.95. The van der Waals surface area contributed by atoms with Gasteiger partial charge in [0.25, 0.3) is 6.43 Å². The molecular weight excluding hydrogens is 332 g/mol. The fourth-order valence-electron chi connectivity index (χ4n) is 2.88. The summed E-state index contributed by atoms with van der Waals surface area (Å²) >= 11 is 0. The van der Waals surface area contributed by atoms with Crippen molar-refractivity contribution in [3.05, 3.63) is 24.2 Å². The summed E-state index contributed by atoms with van der Waals surface area (Å²) in [4.78, 5) is 14.0. The van der Waals surface area contributed by atoms with E-state index >= 15 is 0 Å². The quantitative estimate of drug-likeness (QED) is 0.887. The van der Waals surface area contributed by atoms with E-state index in [2.05, 4.69) is 15.5 Å². The largest absolute Gasteiger partial charge is 0.378 e. The van der Waals surface area contributed by atoms with Crippen LogP contribution in [0.4, 0.5) is 14.5 Å². The molecule has 3 heterocycles. The summed E-state index contributed by atoms with van der Waals surface area (Å²) in [5.41, 5.74) is 1.24. The first-order valence-electron chi connectivity index (χ1n) is 8.21. The summed E-state index contributed by atoms with van der Waals surface area (Å²) in [6.07, 6.45) is -0.751. The normalized spacial score (nSPS) is 19.0. The minimum absolute atomic E-state index is 0.102. The Morgan fingerprint density at radius 2 is 2.20 bits per heavy atom. The number of pyridine rings is 1. The highest BCUT2D eigenvalue weighted by Gasteiger charge is 2.31. The molecule has 1 amide bonds. The number of hydrogen-bond acceptors (Lipinski definition) is 5. The number of rotatable bonds is 5. The van der Waals surface area contributed by atoms with Gasteiger partial charge in [0.1, 0.15) is 11.9 Å². The first kappa shape index (κ1) is 17.7. The number of anilines is 1. The van der Waals surface area contributed by atoms with Gasteiger partial charge >= 0.3 is 0 Å². The Morgan fingerprint density at radius 3 is 2.92 bits per heavy atom. The molecule has 0 bridgehead atoms. The van der Waals surface area contributed by atoms with Crippen molar-refractivity contribution in [2.45, 2.75) is 32.2 Å². The van der Waals surface area contributed by atoms with E-state index in [1.54, 1.807) is 18.3 Å². The monoisotopic (exact) mass is 353 g/mol. The minimum Gasteiger partial charge on any atom is -0.378 e. The molecule has 1 fully saturated rings. The number of hydrogen-bond donors (Lipinski definition) is 1. The second kappa shape index (κ2) is 7.40. The fourth-order valence-corrected chi connectivity index (χ4v) is 2.88. The van der Waals surface area contributed by atoms with Crippen LogP contribution in [0.25, 0.3) is 5.65 Å². The third-order valence-electron chi connectivity index (χ3n) is 4.13. The van der Waals surface area contributed by atoms with Crippen molar-refractivity contribution in [2.24, 2.45) is 0 Å². The highest BCUT2D eigenvalue weighted by atomic mass is 19.3. The number of alkyl halides is 2. The van der Waals surface area contributed by atoms with E-state index in [4.69, 9.17) is 4.74 Å². The van der Waals surface area contributed by atoms with E-state index in [-0.39, 0.29) is 18.4 Å². The number of aromatic nitrogens is 3. The predicted octanol–water partition coefficient (Wildman–Crippen LogP) is 1.76. The van der Waals surface area contributed by atoms with E-state index in [9.17, 15) is 13.6 Å². The van der Waals surface area contributed by atoms with E-state index < -0.39 is 19.0 Å². The van der Waals surface area contributed by atoms with Gasteiger partial charge in [-0.2, -0.15) is 0 Å². The molecular formula is C16H21F2N5O2. The summed E-state index contributed by atoms with van der Waals surface area (Å²) in [5, 5.41) is 11.0. The molecule has 0 aromatic carbocycles. The van der Waals surface area contributed by atoms with Gasteiger partial charge in [-0.05, 0) is 12.1 Å². The zero-order valence-electron chi connectivity index (χ0n) is 14.2. The van der Waals surface area contributed by atoms with Crippen LogP contribution in [0.3, 0.4) is 0 Å². The molecule has 9 heteroatoms. The number of nitrogens with one attached hydrogen (secondary N) is 1. The van der Waals surface area contributed by atoms with Crippen LogP contribution in [-0.2, 0) is 9.53 Å². The van der Waals surface area contributed by atoms with Gasteiger partial charge in [-0.15, -0.1) is 10.2 Å². The van der Waals surface area contributed by atoms with Gasteiger partial charge in [-0.3, -0.25) is 14.1 Å². The summed E-state index contributed by atoms with van der Waals surface area (Å²) in [6, 6.07) is 2.74. The van der Waals surface area contributed by atoms with E-state index in [1.165, 1.54) is 4.90 Å². The number of carbonyl (C=O) groups is 1. The Bertz CT molecular complexity index is 749. The average Bonchev–Trinajstić information content (AvgIpc) is 2.98. The molecule has 1 N–H and O–H groups in total. The van der Waals surface area contributed by atoms with Gasteiger partial charge in [0.05, 0.1) is 25.4 Å². The molecule has 0 spiro atoms. The molecule has 1 saturated heterocycles. The molecule has 2 aromatic rings. The maximum atomic E-state index is 12.7.